The van der Waals surface area contributed by atoms with Crippen molar-refractivity contribution in [1.82, 2.24) is 9.88 Å². The fraction of sp³-hybridized carbons (Fsp3) is 0.462. The second kappa shape index (κ2) is 6.38. The number of carboxylic acid groups (broad SMARTS) is 1. The predicted octanol–water partition coefficient (Wildman–Crippen LogP) is 2.44. The number of aromatic nitrogens is 1. The summed E-state index contributed by atoms with van der Waals surface area (Å²) in [5.41, 5.74) is 0.822. The van der Waals surface area contributed by atoms with Gasteiger partial charge in [-0.25, -0.2) is 14.2 Å². The van der Waals surface area contributed by atoms with Gasteiger partial charge in [-0.1, -0.05) is 13.0 Å². The third-order valence-electron chi connectivity index (χ3n) is 3.37. The summed E-state index contributed by atoms with van der Waals surface area (Å²) in [6.07, 6.45) is -2.09. The van der Waals surface area contributed by atoms with Gasteiger partial charge in [0.2, 0.25) is 5.91 Å². The van der Waals surface area contributed by atoms with Crippen molar-refractivity contribution in [2.45, 2.75) is 32.0 Å². The van der Waals surface area contributed by atoms with Crippen LogP contribution in [0.15, 0.2) is 16.7 Å². The number of halogens is 2. The Hall–Kier alpha value is -1.70. The Morgan fingerprint density at radius 2 is 2.29 bits per heavy atom. The minimum absolute atomic E-state index is 0.131. The van der Waals surface area contributed by atoms with Gasteiger partial charge in [-0.3, -0.25) is 9.69 Å². The van der Waals surface area contributed by atoms with Crippen molar-refractivity contribution in [1.29, 1.82) is 0 Å². The number of pyridine rings is 1. The van der Waals surface area contributed by atoms with Crippen molar-refractivity contribution in [2.24, 2.45) is 0 Å². The van der Waals surface area contributed by atoms with Gasteiger partial charge in [-0.2, -0.15) is 0 Å². The first-order valence-electron chi connectivity index (χ1n) is 6.52. The highest BCUT2D eigenvalue weighted by molar-refractivity contribution is 9.10. The van der Waals surface area contributed by atoms with Crippen LogP contribution in [0.5, 0.6) is 0 Å². The number of aryl methyl sites for hydroxylation is 1. The molecule has 1 aliphatic rings. The van der Waals surface area contributed by atoms with E-state index in [1.807, 2.05) is 13.0 Å². The summed E-state index contributed by atoms with van der Waals surface area (Å²) in [4.78, 5) is 28.3. The Morgan fingerprint density at radius 1 is 1.57 bits per heavy atom. The zero-order chi connectivity index (χ0) is 15.6. The molecule has 1 aromatic heterocycles. The fourth-order valence-electron chi connectivity index (χ4n) is 2.30. The van der Waals surface area contributed by atoms with E-state index in [4.69, 9.17) is 5.11 Å². The highest BCUT2D eigenvalue weighted by atomic mass is 79.9. The zero-order valence-corrected chi connectivity index (χ0v) is 12.9. The molecule has 0 radical (unpaired) electrons. The topological polar surface area (TPSA) is 82.5 Å². The Kier molecular flexibility index (Phi) is 4.76. The van der Waals surface area contributed by atoms with Crippen molar-refractivity contribution in [3.63, 3.8) is 0 Å². The largest absolute Gasteiger partial charge is 0.465 e. The summed E-state index contributed by atoms with van der Waals surface area (Å²) in [7, 11) is 0. The molecule has 2 amide bonds. The maximum absolute atomic E-state index is 13.4. The van der Waals surface area contributed by atoms with Gasteiger partial charge in [0.05, 0.1) is 6.54 Å². The van der Waals surface area contributed by atoms with Gasteiger partial charge in [0, 0.05) is 6.42 Å². The van der Waals surface area contributed by atoms with Gasteiger partial charge >= 0.3 is 6.09 Å². The molecule has 0 unspecified atom stereocenters. The molecule has 114 valence electrons. The highest BCUT2D eigenvalue weighted by Gasteiger charge is 2.40. The van der Waals surface area contributed by atoms with Crippen LogP contribution in [0.3, 0.4) is 0 Å². The van der Waals surface area contributed by atoms with Gasteiger partial charge in [0.25, 0.3) is 0 Å². The van der Waals surface area contributed by atoms with Crippen LogP contribution in [0.25, 0.3) is 0 Å². The molecule has 6 nitrogen and oxygen atoms in total. The molecule has 1 aromatic rings. The number of hydrogen-bond acceptors (Lipinski definition) is 3. The average Bonchev–Trinajstić information content (AvgIpc) is 2.81. The van der Waals surface area contributed by atoms with Crippen LogP contribution in [0, 0.1) is 0 Å². The summed E-state index contributed by atoms with van der Waals surface area (Å²) in [5.74, 6) is -0.192. The fourth-order valence-corrected chi connectivity index (χ4v) is 2.61. The summed E-state index contributed by atoms with van der Waals surface area (Å²) < 4.78 is 13.9. The number of anilines is 1. The van der Waals surface area contributed by atoms with Gasteiger partial charge in [0.15, 0.2) is 0 Å². The maximum atomic E-state index is 13.4. The molecule has 21 heavy (non-hydrogen) atoms. The molecule has 0 aromatic carbocycles. The lowest BCUT2D eigenvalue weighted by atomic mass is 10.1. The summed E-state index contributed by atoms with van der Waals surface area (Å²) in [6.45, 7) is 1.64. The van der Waals surface area contributed by atoms with Crippen LogP contribution in [0.1, 0.15) is 18.9 Å². The van der Waals surface area contributed by atoms with E-state index >= 15 is 0 Å². The number of amides is 2. The van der Waals surface area contributed by atoms with Gasteiger partial charge in [-0.05, 0) is 34.0 Å². The number of carbonyl (C=O) groups is 2. The molecular formula is C13H15BrFN3O3. The predicted molar refractivity (Wildman–Crippen MR) is 78.0 cm³/mol. The number of carbonyl (C=O) groups excluding carboxylic acids is 1. The van der Waals surface area contributed by atoms with Crippen molar-refractivity contribution in [3.8, 4) is 0 Å². The van der Waals surface area contributed by atoms with E-state index in [0.29, 0.717) is 16.8 Å². The Morgan fingerprint density at radius 3 is 2.90 bits per heavy atom. The maximum Gasteiger partial charge on any atom is 0.408 e. The van der Waals surface area contributed by atoms with E-state index in [9.17, 15) is 14.0 Å². The quantitative estimate of drug-likeness (QED) is 0.812. The molecular weight excluding hydrogens is 345 g/mol. The monoisotopic (exact) mass is 359 g/mol. The van der Waals surface area contributed by atoms with Gasteiger partial charge in [0.1, 0.15) is 22.6 Å². The first kappa shape index (κ1) is 15.7. The van der Waals surface area contributed by atoms with Crippen LogP contribution < -0.4 is 5.32 Å². The summed E-state index contributed by atoms with van der Waals surface area (Å²) in [6, 6.07) is 2.54. The van der Waals surface area contributed by atoms with E-state index in [-0.39, 0.29) is 13.0 Å². The number of nitrogens with one attached hydrogen (secondary N) is 1. The standard InChI is InChI=1S/C13H15BrFN3O3/c1-2-7-3-4-10(14)16-11(7)17-12(19)9-5-8(15)6-18(9)13(20)21/h3-4,8-9H,2,5-6H2,1H3,(H,20,21)(H,16,17,19)/t8-,9+/m1/s1. The third-order valence-corrected chi connectivity index (χ3v) is 3.81. The second-order valence-electron chi connectivity index (χ2n) is 4.77. The zero-order valence-electron chi connectivity index (χ0n) is 11.3. The van der Waals surface area contributed by atoms with Crippen LogP contribution in [0.4, 0.5) is 15.0 Å². The molecule has 2 atom stereocenters. The molecule has 1 saturated heterocycles. The minimum atomic E-state index is -1.32. The number of alkyl halides is 1. The van der Waals surface area contributed by atoms with Crippen LogP contribution in [-0.4, -0.2) is 45.7 Å². The van der Waals surface area contributed by atoms with Crippen molar-refractivity contribution < 1.29 is 19.1 Å². The molecule has 0 aliphatic carbocycles. The molecule has 1 fully saturated rings. The van der Waals surface area contributed by atoms with Crippen molar-refractivity contribution in [2.75, 3.05) is 11.9 Å². The number of nitrogens with zero attached hydrogens (tertiary/aromatic N) is 2. The normalized spacial score (nSPS) is 21.4. The van der Waals surface area contributed by atoms with E-state index in [1.54, 1.807) is 6.07 Å². The van der Waals surface area contributed by atoms with E-state index in [1.165, 1.54) is 0 Å². The lowest BCUT2D eigenvalue weighted by molar-refractivity contribution is -0.120. The molecule has 2 N–H and O–H groups in total. The molecule has 0 spiro atoms. The molecule has 0 saturated carbocycles. The number of hydrogen-bond donors (Lipinski definition) is 2. The first-order valence-corrected chi connectivity index (χ1v) is 7.31. The summed E-state index contributed by atoms with van der Waals surface area (Å²) in [5, 5.41) is 11.6. The lowest BCUT2D eigenvalue weighted by Crippen LogP contribution is -2.42. The first-order chi connectivity index (χ1) is 9.92. The van der Waals surface area contributed by atoms with E-state index in [2.05, 4.69) is 26.2 Å². The SMILES string of the molecule is CCc1ccc(Br)nc1NC(=O)[C@@H]1C[C@@H](F)CN1C(=O)O. The average molecular weight is 360 g/mol. The number of likely N-dealkylation sites (tertiary alicyclic amines) is 1. The minimum Gasteiger partial charge on any atom is -0.465 e. The Bertz CT molecular complexity index is 570. The molecule has 8 heteroatoms. The number of rotatable bonds is 3. The van der Waals surface area contributed by atoms with Crippen molar-refractivity contribution >= 4 is 33.7 Å². The smallest absolute Gasteiger partial charge is 0.408 e. The van der Waals surface area contributed by atoms with Gasteiger partial charge in [-0.15, -0.1) is 0 Å². The molecule has 1 aliphatic heterocycles. The summed E-state index contributed by atoms with van der Waals surface area (Å²) >= 11 is 3.22. The van der Waals surface area contributed by atoms with Crippen molar-refractivity contribution in [3.05, 3.63) is 22.3 Å². The van der Waals surface area contributed by atoms with Crippen LogP contribution in [0.2, 0.25) is 0 Å². The van der Waals surface area contributed by atoms with Gasteiger partial charge < -0.3 is 10.4 Å². The highest BCUT2D eigenvalue weighted by Crippen LogP contribution is 2.23. The van der Waals surface area contributed by atoms with E-state index < -0.39 is 24.2 Å². The molecule has 0 bridgehead atoms. The lowest BCUT2D eigenvalue weighted by Gasteiger charge is -2.20. The molecule has 2 heterocycles. The second-order valence-corrected chi connectivity index (χ2v) is 5.58. The van der Waals surface area contributed by atoms with Crippen LogP contribution >= 0.6 is 15.9 Å². The molecule has 2 rings (SSSR count). The van der Waals surface area contributed by atoms with E-state index in [0.717, 1.165) is 10.5 Å². The Labute approximate surface area is 129 Å². The third kappa shape index (κ3) is 3.49. The van der Waals surface area contributed by atoms with Crippen LogP contribution in [-0.2, 0) is 11.2 Å². The Balaban J connectivity index is 2.18.